The average Bonchev–Trinajstić information content (AvgIpc) is 3.08. The second-order valence-corrected chi connectivity index (χ2v) is 12.5. The second kappa shape index (κ2) is 16.4. The van der Waals surface area contributed by atoms with E-state index in [1.807, 2.05) is 48.5 Å². The molecule has 1 fully saturated rings. The molecule has 1 unspecified atom stereocenters. The Hall–Kier alpha value is -4.71. The molecule has 1 heterocycles. The number of aryl methyl sites for hydroxylation is 1. The normalized spacial score (nSPS) is 16.8. The molecule has 1 aliphatic rings. The molecule has 2 amide bonds. The molecule has 3 aromatic carbocycles. The molecule has 1 saturated carbocycles. The van der Waals surface area contributed by atoms with Crippen molar-refractivity contribution in [3.05, 3.63) is 94.3 Å². The number of hydrogen-bond acceptors (Lipinski definition) is 7. The molecular formula is C37H44N4O7. The van der Waals surface area contributed by atoms with Crippen LogP contribution in [0.3, 0.4) is 0 Å². The van der Waals surface area contributed by atoms with Gasteiger partial charge in [-0.1, -0.05) is 48.5 Å². The standard InChI is InChI=1S/C37H44N4O7/c1-41(19-5-6-24-11-14-28(26-7-3-2-4-8-26)31(20-24)39-37(46)47)35(45)23-48-27-12-9-25(10-13-27)21-38-22-33(43)29-15-17-32(42)36-30(29)16-18-34(44)40-36/h2-4,7-8,11,14-18,20,25,27,33,38-39,42-43H,5-6,9-10,12-13,19,21-23H2,1H3,(H,40,44)(H,46,47)/t25-,27-,33?. The number of aromatic hydroxyl groups is 1. The van der Waals surface area contributed by atoms with Crippen LogP contribution in [-0.2, 0) is 16.0 Å². The van der Waals surface area contributed by atoms with E-state index in [0.717, 1.165) is 55.3 Å². The number of phenols is 1. The number of fused-ring (bicyclic) bond motifs is 1. The molecule has 254 valence electrons. The van der Waals surface area contributed by atoms with Crippen LogP contribution < -0.4 is 16.2 Å². The molecule has 6 N–H and O–H groups in total. The predicted molar refractivity (Wildman–Crippen MR) is 185 cm³/mol. The van der Waals surface area contributed by atoms with Crippen LogP contribution >= 0.6 is 0 Å². The van der Waals surface area contributed by atoms with Crippen LogP contribution in [0.5, 0.6) is 5.75 Å². The number of rotatable bonds is 14. The molecule has 1 aliphatic carbocycles. The number of carbonyl (C=O) groups is 2. The van der Waals surface area contributed by atoms with E-state index in [-0.39, 0.29) is 29.9 Å². The highest BCUT2D eigenvalue weighted by Crippen LogP contribution is 2.31. The molecule has 0 bridgehead atoms. The van der Waals surface area contributed by atoms with Gasteiger partial charge in [0, 0.05) is 37.2 Å². The van der Waals surface area contributed by atoms with Gasteiger partial charge in [-0.3, -0.25) is 14.9 Å². The number of aromatic amines is 1. The molecule has 1 atom stereocenters. The number of ether oxygens (including phenoxy) is 1. The van der Waals surface area contributed by atoms with Crippen LogP contribution in [-0.4, -0.2) is 76.6 Å². The largest absolute Gasteiger partial charge is 0.506 e. The summed E-state index contributed by atoms with van der Waals surface area (Å²) in [6, 6.07) is 21.6. The van der Waals surface area contributed by atoms with Gasteiger partial charge in [-0.25, -0.2) is 4.79 Å². The molecule has 11 nitrogen and oxygen atoms in total. The monoisotopic (exact) mass is 656 g/mol. The number of aliphatic hydroxyl groups is 1. The van der Waals surface area contributed by atoms with E-state index in [1.165, 1.54) is 12.1 Å². The Balaban J connectivity index is 0.995. The third kappa shape index (κ3) is 9.21. The summed E-state index contributed by atoms with van der Waals surface area (Å²) < 4.78 is 5.99. The lowest BCUT2D eigenvalue weighted by Gasteiger charge is -2.29. The lowest BCUT2D eigenvalue weighted by molar-refractivity contribution is -0.137. The Kier molecular flexibility index (Phi) is 11.8. The number of carbonyl (C=O) groups excluding carboxylic acids is 1. The minimum absolute atomic E-state index is 0.0349. The number of nitrogens with one attached hydrogen (secondary N) is 3. The Bertz CT molecular complexity index is 1750. The van der Waals surface area contributed by atoms with Crippen molar-refractivity contribution >= 4 is 28.6 Å². The average molecular weight is 657 g/mol. The first-order chi connectivity index (χ1) is 23.2. The van der Waals surface area contributed by atoms with Gasteiger partial charge in [0.25, 0.3) is 0 Å². The zero-order valence-corrected chi connectivity index (χ0v) is 27.2. The van der Waals surface area contributed by atoms with Gasteiger partial charge in [-0.2, -0.15) is 0 Å². The van der Waals surface area contributed by atoms with E-state index >= 15 is 0 Å². The smallest absolute Gasteiger partial charge is 0.409 e. The molecule has 48 heavy (non-hydrogen) atoms. The van der Waals surface area contributed by atoms with E-state index in [1.54, 1.807) is 24.1 Å². The zero-order chi connectivity index (χ0) is 34.0. The molecule has 0 radical (unpaired) electrons. The number of likely N-dealkylation sites (N-methyl/N-ethyl adjacent to an activating group) is 1. The summed E-state index contributed by atoms with van der Waals surface area (Å²) in [7, 11) is 1.78. The first-order valence-corrected chi connectivity index (χ1v) is 16.5. The topological polar surface area (TPSA) is 164 Å². The van der Waals surface area contributed by atoms with Crippen LogP contribution in [0.25, 0.3) is 22.0 Å². The van der Waals surface area contributed by atoms with E-state index in [0.29, 0.717) is 47.6 Å². The van der Waals surface area contributed by atoms with Crippen LogP contribution in [0, 0.1) is 5.92 Å². The van der Waals surface area contributed by atoms with Crippen molar-refractivity contribution in [3.63, 3.8) is 0 Å². The van der Waals surface area contributed by atoms with Crippen LogP contribution in [0.4, 0.5) is 10.5 Å². The number of aromatic nitrogens is 1. The number of nitrogens with zero attached hydrogens (tertiary/aromatic N) is 1. The summed E-state index contributed by atoms with van der Waals surface area (Å²) in [6.07, 6.45) is 3.22. The van der Waals surface area contributed by atoms with Crippen molar-refractivity contribution in [1.82, 2.24) is 15.2 Å². The first kappa shape index (κ1) is 34.6. The minimum atomic E-state index is -1.11. The van der Waals surface area contributed by atoms with Crippen molar-refractivity contribution in [3.8, 4) is 16.9 Å². The lowest BCUT2D eigenvalue weighted by atomic mass is 9.87. The lowest BCUT2D eigenvalue weighted by Crippen LogP contribution is -2.35. The minimum Gasteiger partial charge on any atom is -0.506 e. The maximum atomic E-state index is 12.8. The Morgan fingerprint density at radius 1 is 1.02 bits per heavy atom. The summed E-state index contributed by atoms with van der Waals surface area (Å²) in [5, 5.41) is 36.7. The predicted octanol–water partition coefficient (Wildman–Crippen LogP) is 5.28. The molecule has 1 aromatic heterocycles. The SMILES string of the molecule is CN(CCCc1ccc(-c2ccccc2)c(NC(=O)O)c1)C(=O)CO[C@H]1CC[C@H](CNCC(O)c2ccc(O)c3[nH]c(=O)ccc23)CC1. The number of H-pyrrole nitrogens is 1. The highest BCUT2D eigenvalue weighted by Gasteiger charge is 2.23. The summed E-state index contributed by atoms with van der Waals surface area (Å²) >= 11 is 0. The van der Waals surface area contributed by atoms with Crippen LogP contribution in [0.2, 0.25) is 0 Å². The number of phenolic OH excluding ortho intramolecular Hbond substituents is 1. The number of anilines is 1. The highest BCUT2D eigenvalue weighted by molar-refractivity contribution is 5.91. The van der Waals surface area contributed by atoms with Crippen molar-refractivity contribution < 1.29 is 29.6 Å². The number of benzene rings is 3. The van der Waals surface area contributed by atoms with Gasteiger partial charge >= 0.3 is 6.09 Å². The van der Waals surface area contributed by atoms with Gasteiger partial charge in [0.2, 0.25) is 11.5 Å². The quantitative estimate of drug-likeness (QED) is 0.107. The molecule has 4 aromatic rings. The first-order valence-electron chi connectivity index (χ1n) is 16.5. The van der Waals surface area contributed by atoms with E-state index < -0.39 is 12.2 Å². The van der Waals surface area contributed by atoms with E-state index in [9.17, 15) is 29.7 Å². The maximum Gasteiger partial charge on any atom is 0.409 e. The Morgan fingerprint density at radius 2 is 1.79 bits per heavy atom. The van der Waals surface area contributed by atoms with E-state index in [4.69, 9.17) is 4.74 Å². The molecule has 0 saturated heterocycles. The van der Waals surface area contributed by atoms with Crippen molar-refractivity contribution in [1.29, 1.82) is 0 Å². The Labute approximate surface area is 279 Å². The van der Waals surface area contributed by atoms with Crippen LogP contribution in [0.15, 0.2) is 77.6 Å². The fraction of sp³-hybridized carbons (Fsp3) is 0.378. The number of hydrogen-bond donors (Lipinski definition) is 6. The zero-order valence-electron chi connectivity index (χ0n) is 27.2. The second-order valence-electron chi connectivity index (χ2n) is 12.5. The third-order valence-corrected chi connectivity index (χ3v) is 9.07. The summed E-state index contributed by atoms with van der Waals surface area (Å²) in [5.74, 6) is 0.342. The van der Waals surface area contributed by atoms with E-state index in [2.05, 4.69) is 15.6 Å². The van der Waals surface area contributed by atoms with Gasteiger partial charge in [-0.15, -0.1) is 0 Å². The van der Waals surface area contributed by atoms with Gasteiger partial charge in [0.05, 0.1) is 23.4 Å². The van der Waals surface area contributed by atoms with Gasteiger partial charge in [-0.05, 0) is 85.9 Å². The number of pyridine rings is 1. The fourth-order valence-corrected chi connectivity index (χ4v) is 6.37. The maximum absolute atomic E-state index is 12.8. The van der Waals surface area contributed by atoms with Crippen LogP contribution in [0.1, 0.15) is 49.3 Å². The van der Waals surface area contributed by atoms with Crippen molar-refractivity contribution in [2.45, 2.75) is 50.7 Å². The summed E-state index contributed by atoms with van der Waals surface area (Å²) in [6.45, 7) is 1.70. The molecule has 0 aliphatic heterocycles. The van der Waals surface area contributed by atoms with Gasteiger partial charge in [0.1, 0.15) is 12.4 Å². The molecule has 5 rings (SSSR count). The molecular weight excluding hydrogens is 612 g/mol. The molecule has 11 heteroatoms. The van der Waals surface area contributed by atoms with Gasteiger partial charge in [0.15, 0.2) is 0 Å². The fourth-order valence-electron chi connectivity index (χ4n) is 6.37. The Morgan fingerprint density at radius 3 is 2.54 bits per heavy atom. The third-order valence-electron chi connectivity index (χ3n) is 9.07. The molecule has 0 spiro atoms. The highest BCUT2D eigenvalue weighted by atomic mass is 16.5. The number of carboxylic acid groups (broad SMARTS) is 1. The number of amides is 2. The van der Waals surface area contributed by atoms with Crippen molar-refractivity contribution in [2.24, 2.45) is 5.92 Å². The summed E-state index contributed by atoms with van der Waals surface area (Å²) in [4.78, 5) is 40.1. The van der Waals surface area contributed by atoms with Gasteiger partial charge < -0.3 is 35.3 Å². The summed E-state index contributed by atoms with van der Waals surface area (Å²) in [5.41, 5.74) is 3.91. The van der Waals surface area contributed by atoms with Crippen molar-refractivity contribution in [2.75, 3.05) is 38.6 Å². The number of aliphatic hydroxyl groups excluding tert-OH is 1.